The topological polar surface area (TPSA) is 3.24 Å². The van der Waals surface area contributed by atoms with Crippen LogP contribution in [0.3, 0.4) is 0 Å². The van der Waals surface area contributed by atoms with E-state index in [0.717, 1.165) is 0 Å². The summed E-state index contributed by atoms with van der Waals surface area (Å²) in [6, 6.07) is 9.08. The maximum absolute atomic E-state index is 2.73. The summed E-state index contributed by atoms with van der Waals surface area (Å²) < 4.78 is 2.73. The van der Waals surface area contributed by atoms with Crippen LogP contribution in [0.1, 0.15) is 6.92 Å². The van der Waals surface area contributed by atoms with Gasteiger partial charge in [0.05, 0.1) is 0 Å². The van der Waals surface area contributed by atoms with Gasteiger partial charge in [-0.3, -0.25) is 0 Å². The van der Waals surface area contributed by atoms with E-state index in [1.807, 2.05) is 0 Å². The predicted molar refractivity (Wildman–Crippen MR) is 77.3 cm³/mol. The van der Waals surface area contributed by atoms with E-state index in [0.29, 0.717) is 0 Å². The molecule has 1 aromatic rings. The molecule has 0 fully saturated rings. The molecule has 0 aliphatic carbocycles. The van der Waals surface area contributed by atoms with Crippen LogP contribution in [0.2, 0.25) is 26.2 Å². The van der Waals surface area contributed by atoms with E-state index < -0.39 is 16.5 Å². The van der Waals surface area contributed by atoms with Crippen molar-refractivity contribution >= 4 is 26.8 Å². The minimum Gasteiger partial charge on any atom is -0.424 e. The fourth-order valence-electron chi connectivity index (χ4n) is 3.03. The van der Waals surface area contributed by atoms with Gasteiger partial charge in [-0.2, -0.15) is 0 Å². The van der Waals surface area contributed by atoms with Gasteiger partial charge in [-0.25, -0.2) is 0 Å². The van der Waals surface area contributed by atoms with Crippen LogP contribution in [-0.4, -0.2) is 20.7 Å². The van der Waals surface area contributed by atoms with Gasteiger partial charge in [-0.1, -0.05) is 30.3 Å². The Labute approximate surface area is 101 Å². The molecule has 0 aromatic heterocycles. The zero-order valence-electron chi connectivity index (χ0n) is 10.9. The van der Waals surface area contributed by atoms with Gasteiger partial charge < -0.3 is 4.23 Å². The Hall–Kier alpha value is -0.806. The molecule has 3 heteroatoms. The largest absolute Gasteiger partial charge is 0.424 e. The molecule has 0 atom stereocenters. The first-order valence-corrected chi connectivity index (χ1v) is 11.8. The number of hydrogen-bond donors (Lipinski definition) is 0. The van der Waals surface area contributed by atoms with Crippen molar-refractivity contribution in [3.8, 4) is 0 Å². The van der Waals surface area contributed by atoms with Crippen LogP contribution in [-0.2, 0) is 0 Å². The molecule has 0 radical (unpaired) electrons. The molecule has 0 spiro atoms. The molecule has 1 heterocycles. The van der Waals surface area contributed by atoms with E-state index >= 15 is 0 Å². The van der Waals surface area contributed by atoms with Gasteiger partial charge >= 0.3 is 0 Å². The minimum absolute atomic E-state index is 1.44. The lowest BCUT2D eigenvalue weighted by Gasteiger charge is -2.38. The van der Waals surface area contributed by atoms with Crippen LogP contribution >= 0.6 is 0 Å². The van der Waals surface area contributed by atoms with Crippen LogP contribution in [0, 0.1) is 0 Å². The van der Waals surface area contributed by atoms with Crippen molar-refractivity contribution in [3.05, 3.63) is 36.5 Å². The zero-order valence-corrected chi connectivity index (χ0v) is 12.9. The molecule has 0 bridgehead atoms. The summed E-state index contributed by atoms with van der Waals surface area (Å²) in [6.07, 6.45) is 4.52. The molecule has 1 nitrogen and oxygen atoms in total. The summed E-state index contributed by atoms with van der Waals surface area (Å²) in [5.74, 6) is 0. The quantitative estimate of drug-likeness (QED) is 0.689. The molecule has 1 aromatic carbocycles. The third kappa shape index (κ3) is 1.42. The van der Waals surface area contributed by atoms with Crippen molar-refractivity contribution in [1.29, 1.82) is 0 Å². The Morgan fingerprint density at radius 2 is 1.38 bits per heavy atom. The average Bonchev–Trinajstić information content (AvgIpc) is 2.38. The second-order valence-electron chi connectivity index (χ2n) is 5.52. The highest BCUT2D eigenvalue weighted by molar-refractivity contribution is 7.10. The van der Waals surface area contributed by atoms with Crippen molar-refractivity contribution < 1.29 is 0 Å². The number of rotatable bonds is 1. The highest BCUT2D eigenvalue weighted by atomic mass is 28.4. The lowest BCUT2D eigenvalue weighted by molar-refractivity contribution is 0.860. The Bertz CT molecular complexity index is 400. The number of hydrogen-bond acceptors (Lipinski definition) is 1. The van der Waals surface area contributed by atoms with Gasteiger partial charge in [-0.15, -0.1) is 0 Å². The van der Waals surface area contributed by atoms with E-state index in [9.17, 15) is 0 Å². The number of fused-ring (bicyclic) bond motifs is 1. The Balaban J connectivity index is 2.65. The molecule has 2 rings (SSSR count). The SMILES string of the molecule is C/C=C\N1[Si](C)(C)c2ccccc2[Si]1(C)C. The molecule has 16 heavy (non-hydrogen) atoms. The average molecular weight is 247 g/mol. The maximum Gasteiger partial charge on any atom is 0.173 e. The smallest absolute Gasteiger partial charge is 0.173 e. The molecular weight excluding hydrogens is 226 g/mol. The van der Waals surface area contributed by atoms with Crippen LogP contribution < -0.4 is 10.4 Å². The van der Waals surface area contributed by atoms with Crippen molar-refractivity contribution in [3.63, 3.8) is 0 Å². The first kappa shape index (κ1) is 11.7. The molecule has 0 unspecified atom stereocenters. The van der Waals surface area contributed by atoms with Gasteiger partial charge in [0.15, 0.2) is 16.5 Å². The zero-order chi connectivity index (χ0) is 12.0. The first-order valence-electron chi connectivity index (χ1n) is 5.94. The number of nitrogens with zero attached hydrogens (tertiary/aromatic N) is 1. The van der Waals surface area contributed by atoms with Crippen molar-refractivity contribution in [2.24, 2.45) is 0 Å². The van der Waals surface area contributed by atoms with E-state index in [1.165, 1.54) is 0 Å². The second kappa shape index (κ2) is 3.60. The number of allylic oxidation sites excluding steroid dienone is 1. The maximum atomic E-state index is 2.73. The fourth-order valence-corrected chi connectivity index (χ4v) is 15.2. The van der Waals surface area contributed by atoms with Gasteiger partial charge in [-0.05, 0) is 49.7 Å². The molecular formula is C13H21NSi2. The van der Waals surface area contributed by atoms with Crippen molar-refractivity contribution in [2.45, 2.75) is 33.1 Å². The molecule has 0 saturated carbocycles. The standard InChI is InChI=1S/C13H21NSi2/c1-6-11-14-15(2,3)12-9-7-8-10-13(12)16(14,4)5/h6-11H,1-5H3/b11-6-. The summed E-state index contributed by atoms with van der Waals surface area (Å²) >= 11 is 0. The van der Waals surface area contributed by atoms with Crippen LogP contribution in [0.25, 0.3) is 0 Å². The molecule has 0 amide bonds. The van der Waals surface area contributed by atoms with E-state index in [1.54, 1.807) is 10.4 Å². The Morgan fingerprint density at radius 1 is 0.938 bits per heavy atom. The van der Waals surface area contributed by atoms with Crippen LogP contribution in [0.5, 0.6) is 0 Å². The summed E-state index contributed by atoms with van der Waals surface area (Å²) in [7, 11) is -2.88. The lowest BCUT2D eigenvalue weighted by Crippen LogP contribution is -2.57. The first-order chi connectivity index (χ1) is 7.42. The van der Waals surface area contributed by atoms with E-state index in [4.69, 9.17) is 0 Å². The van der Waals surface area contributed by atoms with Gasteiger partial charge in [0.2, 0.25) is 0 Å². The lowest BCUT2D eigenvalue weighted by atomic mass is 10.4. The highest BCUT2D eigenvalue weighted by Gasteiger charge is 2.49. The van der Waals surface area contributed by atoms with Crippen molar-refractivity contribution in [1.82, 2.24) is 4.23 Å². The molecule has 0 N–H and O–H groups in total. The monoisotopic (exact) mass is 247 g/mol. The summed E-state index contributed by atoms with van der Waals surface area (Å²) in [5, 5.41) is 3.29. The number of benzene rings is 1. The van der Waals surface area contributed by atoms with Gasteiger partial charge in [0.1, 0.15) is 0 Å². The summed E-state index contributed by atoms with van der Waals surface area (Å²) in [5.41, 5.74) is 0. The van der Waals surface area contributed by atoms with E-state index in [-0.39, 0.29) is 0 Å². The molecule has 1 aliphatic heterocycles. The van der Waals surface area contributed by atoms with E-state index in [2.05, 4.69) is 73.9 Å². The predicted octanol–water partition coefficient (Wildman–Crippen LogP) is 2.36. The van der Waals surface area contributed by atoms with Crippen molar-refractivity contribution in [2.75, 3.05) is 0 Å². The Kier molecular flexibility index (Phi) is 2.63. The molecule has 1 aliphatic rings. The van der Waals surface area contributed by atoms with Crippen LogP contribution in [0.4, 0.5) is 0 Å². The molecule has 86 valence electrons. The Morgan fingerprint density at radius 3 is 1.75 bits per heavy atom. The second-order valence-corrected chi connectivity index (χ2v) is 14.2. The minimum atomic E-state index is -1.44. The third-order valence-corrected chi connectivity index (χ3v) is 13.6. The van der Waals surface area contributed by atoms with Gasteiger partial charge in [0, 0.05) is 0 Å². The highest BCUT2D eigenvalue weighted by Crippen LogP contribution is 2.26. The van der Waals surface area contributed by atoms with Gasteiger partial charge in [0.25, 0.3) is 0 Å². The normalized spacial score (nSPS) is 21.4. The summed E-state index contributed by atoms with van der Waals surface area (Å²) in [6.45, 7) is 12.0. The van der Waals surface area contributed by atoms with Crippen LogP contribution in [0.15, 0.2) is 36.5 Å². The summed E-state index contributed by atoms with van der Waals surface area (Å²) in [4.78, 5) is 0. The third-order valence-electron chi connectivity index (χ3n) is 3.75. The molecule has 0 saturated heterocycles. The fraction of sp³-hybridized carbons (Fsp3) is 0.385.